The summed E-state index contributed by atoms with van der Waals surface area (Å²) in [7, 11) is 0. The van der Waals surface area contributed by atoms with Crippen molar-refractivity contribution in [3.63, 3.8) is 0 Å². The minimum absolute atomic E-state index is 0.327. The lowest BCUT2D eigenvalue weighted by Gasteiger charge is -2.11. The van der Waals surface area contributed by atoms with Crippen LogP contribution in [0.1, 0.15) is 10.4 Å². The van der Waals surface area contributed by atoms with Crippen LogP contribution in [0.5, 0.6) is 0 Å². The Morgan fingerprint density at radius 1 is 1.18 bits per heavy atom. The van der Waals surface area contributed by atoms with Crippen molar-refractivity contribution in [2.75, 3.05) is 5.32 Å². The molecule has 0 atom stereocenters. The summed E-state index contributed by atoms with van der Waals surface area (Å²) in [5.74, 6) is -0.730. The summed E-state index contributed by atoms with van der Waals surface area (Å²) in [6, 6.07) is 13.1. The second-order valence-corrected chi connectivity index (χ2v) is 5.40. The van der Waals surface area contributed by atoms with Gasteiger partial charge >= 0.3 is 0 Å². The average Bonchev–Trinajstić information content (AvgIpc) is 3.01. The van der Waals surface area contributed by atoms with E-state index in [1.165, 1.54) is 18.2 Å². The van der Waals surface area contributed by atoms with Crippen LogP contribution in [0.25, 0.3) is 5.69 Å². The summed E-state index contributed by atoms with van der Waals surface area (Å²) in [6.45, 7) is 0. The fourth-order valence-corrected chi connectivity index (χ4v) is 2.58. The first-order valence-electron chi connectivity index (χ1n) is 6.50. The third-order valence-electron chi connectivity index (χ3n) is 3.08. The Balaban J connectivity index is 1.92. The van der Waals surface area contributed by atoms with Gasteiger partial charge in [0, 0.05) is 16.9 Å². The molecule has 0 unspecified atom stereocenters. The molecule has 0 fully saturated rings. The van der Waals surface area contributed by atoms with Crippen LogP contribution in [-0.4, -0.2) is 15.7 Å². The van der Waals surface area contributed by atoms with Crippen LogP contribution in [0.3, 0.4) is 0 Å². The first kappa shape index (κ1) is 14.5. The summed E-state index contributed by atoms with van der Waals surface area (Å²) in [5.41, 5.74) is 1.73. The summed E-state index contributed by atoms with van der Waals surface area (Å²) >= 11 is 3.20. The predicted octanol–water partition coefficient (Wildman–Crippen LogP) is 4.03. The van der Waals surface area contributed by atoms with Crippen LogP contribution in [-0.2, 0) is 0 Å². The summed E-state index contributed by atoms with van der Waals surface area (Å²) in [6.07, 6.45) is 3.45. The van der Waals surface area contributed by atoms with Gasteiger partial charge in [-0.15, -0.1) is 0 Å². The first-order valence-corrected chi connectivity index (χ1v) is 7.30. The number of hydrogen-bond donors (Lipinski definition) is 1. The van der Waals surface area contributed by atoms with Gasteiger partial charge in [0.1, 0.15) is 5.82 Å². The molecule has 1 N–H and O–H groups in total. The molecule has 0 bridgehead atoms. The molecular weight excluding hydrogens is 349 g/mol. The Labute approximate surface area is 134 Å². The average molecular weight is 360 g/mol. The van der Waals surface area contributed by atoms with Gasteiger partial charge in [-0.25, -0.2) is 9.07 Å². The number of anilines is 1. The number of nitrogens with zero attached hydrogens (tertiary/aromatic N) is 2. The number of aromatic nitrogens is 2. The van der Waals surface area contributed by atoms with Crippen LogP contribution in [0.4, 0.5) is 10.1 Å². The highest BCUT2D eigenvalue weighted by Crippen LogP contribution is 2.23. The number of carbonyl (C=O) groups excluding carboxylic acids is 1. The van der Waals surface area contributed by atoms with Gasteiger partial charge in [-0.3, -0.25) is 4.79 Å². The maximum absolute atomic E-state index is 13.1. The lowest BCUT2D eigenvalue weighted by molar-refractivity contribution is 0.102. The first-order chi connectivity index (χ1) is 10.6. The van der Waals surface area contributed by atoms with Crippen LogP contribution in [0.2, 0.25) is 0 Å². The minimum Gasteiger partial charge on any atom is -0.320 e. The second-order valence-electron chi connectivity index (χ2n) is 4.55. The third kappa shape index (κ3) is 2.92. The second kappa shape index (κ2) is 6.11. The predicted molar refractivity (Wildman–Crippen MR) is 85.6 cm³/mol. The Kier molecular flexibility index (Phi) is 4.02. The molecule has 0 aliphatic heterocycles. The molecule has 3 aromatic rings. The zero-order chi connectivity index (χ0) is 15.5. The van der Waals surface area contributed by atoms with E-state index < -0.39 is 5.82 Å². The van der Waals surface area contributed by atoms with Crippen LogP contribution in [0.15, 0.2) is 65.4 Å². The van der Waals surface area contributed by atoms with Gasteiger partial charge in [0.2, 0.25) is 0 Å². The van der Waals surface area contributed by atoms with Gasteiger partial charge in [0.05, 0.1) is 16.9 Å². The molecular formula is C16H11BrFN3O. The van der Waals surface area contributed by atoms with Crippen molar-refractivity contribution in [1.82, 2.24) is 9.78 Å². The fraction of sp³-hybridized carbons (Fsp3) is 0. The normalized spacial score (nSPS) is 10.5. The summed E-state index contributed by atoms with van der Waals surface area (Å²) in [4.78, 5) is 12.4. The van der Waals surface area contributed by atoms with Gasteiger partial charge in [-0.2, -0.15) is 5.10 Å². The van der Waals surface area contributed by atoms with Gasteiger partial charge in [0.25, 0.3) is 5.91 Å². The molecule has 110 valence electrons. The van der Waals surface area contributed by atoms with E-state index in [0.717, 1.165) is 5.69 Å². The maximum Gasteiger partial charge on any atom is 0.256 e. The molecule has 0 saturated heterocycles. The van der Waals surface area contributed by atoms with E-state index in [0.29, 0.717) is 15.7 Å². The van der Waals surface area contributed by atoms with Crippen molar-refractivity contribution in [2.24, 2.45) is 0 Å². The van der Waals surface area contributed by atoms with Gasteiger partial charge in [-0.05, 0) is 52.3 Å². The Bertz CT molecular complexity index is 818. The van der Waals surface area contributed by atoms with E-state index in [1.807, 2.05) is 18.2 Å². The highest BCUT2D eigenvalue weighted by Gasteiger charge is 2.13. The van der Waals surface area contributed by atoms with E-state index in [2.05, 4.69) is 26.3 Å². The van der Waals surface area contributed by atoms with Gasteiger partial charge in [-0.1, -0.05) is 12.1 Å². The number of hydrogen-bond acceptors (Lipinski definition) is 2. The molecule has 4 nitrogen and oxygen atoms in total. The largest absolute Gasteiger partial charge is 0.320 e. The Morgan fingerprint density at radius 2 is 2.00 bits per heavy atom. The van der Waals surface area contributed by atoms with Crippen LogP contribution >= 0.6 is 15.9 Å². The molecule has 0 radical (unpaired) electrons. The molecule has 0 spiro atoms. The van der Waals surface area contributed by atoms with E-state index in [1.54, 1.807) is 29.2 Å². The summed E-state index contributed by atoms with van der Waals surface area (Å²) in [5, 5.41) is 6.99. The third-order valence-corrected chi connectivity index (χ3v) is 3.74. The molecule has 1 amide bonds. The topological polar surface area (TPSA) is 46.9 Å². The molecule has 0 aliphatic rings. The molecule has 2 aromatic carbocycles. The van der Waals surface area contributed by atoms with E-state index in [-0.39, 0.29) is 5.91 Å². The molecule has 0 aliphatic carbocycles. The standard InChI is InChI=1S/C16H11BrFN3O/c17-13-10-11(18)6-7-12(13)16(22)20-14-4-1-2-5-15(14)21-9-3-8-19-21/h1-10H,(H,20,22). The zero-order valence-electron chi connectivity index (χ0n) is 11.3. The van der Waals surface area contributed by atoms with E-state index in [4.69, 9.17) is 0 Å². The zero-order valence-corrected chi connectivity index (χ0v) is 12.9. The molecule has 22 heavy (non-hydrogen) atoms. The van der Waals surface area contributed by atoms with Crippen molar-refractivity contribution >= 4 is 27.5 Å². The minimum atomic E-state index is -0.402. The van der Waals surface area contributed by atoms with Gasteiger partial charge in [0.15, 0.2) is 0 Å². The van der Waals surface area contributed by atoms with Crippen molar-refractivity contribution in [1.29, 1.82) is 0 Å². The SMILES string of the molecule is O=C(Nc1ccccc1-n1cccn1)c1ccc(F)cc1Br. The molecule has 1 heterocycles. The highest BCUT2D eigenvalue weighted by atomic mass is 79.9. The smallest absolute Gasteiger partial charge is 0.256 e. The van der Waals surface area contributed by atoms with Crippen molar-refractivity contribution in [2.45, 2.75) is 0 Å². The highest BCUT2D eigenvalue weighted by molar-refractivity contribution is 9.10. The molecule has 3 rings (SSSR count). The number of carbonyl (C=O) groups is 1. The number of nitrogens with one attached hydrogen (secondary N) is 1. The monoisotopic (exact) mass is 359 g/mol. The Morgan fingerprint density at radius 3 is 2.73 bits per heavy atom. The van der Waals surface area contributed by atoms with E-state index in [9.17, 15) is 9.18 Å². The van der Waals surface area contributed by atoms with Crippen molar-refractivity contribution in [3.05, 3.63) is 76.8 Å². The quantitative estimate of drug-likeness (QED) is 0.767. The molecule has 0 saturated carbocycles. The lowest BCUT2D eigenvalue weighted by Crippen LogP contribution is -2.14. The number of rotatable bonds is 3. The Hall–Kier alpha value is -2.47. The molecule has 1 aromatic heterocycles. The van der Waals surface area contributed by atoms with Crippen LogP contribution in [0, 0.1) is 5.82 Å². The summed E-state index contributed by atoms with van der Waals surface area (Å²) < 4.78 is 15.2. The van der Waals surface area contributed by atoms with Crippen LogP contribution < -0.4 is 5.32 Å². The van der Waals surface area contributed by atoms with Gasteiger partial charge < -0.3 is 5.32 Å². The number of halogens is 2. The van der Waals surface area contributed by atoms with Crippen molar-refractivity contribution < 1.29 is 9.18 Å². The maximum atomic E-state index is 13.1. The lowest BCUT2D eigenvalue weighted by atomic mass is 10.2. The number of amides is 1. The van der Waals surface area contributed by atoms with E-state index >= 15 is 0 Å². The molecule has 6 heteroatoms. The number of para-hydroxylation sites is 2. The number of benzene rings is 2. The fourth-order valence-electron chi connectivity index (χ4n) is 2.05. The van der Waals surface area contributed by atoms with Crippen molar-refractivity contribution in [3.8, 4) is 5.69 Å².